The topological polar surface area (TPSA) is 50.2 Å². The fraction of sp³-hybridized carbons (Fsp3) is 0.286. The van der Waals surface area contributed by atoms with Crippen LogP contribution in [0.5, 0.6) is 0 Å². The highest BCUT2D eigenvalue weighted by molar-refractivity contribution is 5.80. The largest absolute Gasteiger partial charge is 0.481 e. The quantitative estimate of drug-likeness (QED) is 0.876. The van der Waals surface area contributed by atoms with E-state index < -0.39 is 11.4 Å². The van der Waals surface area contributed by atoms with Crippen LogP contribution in [0.2, 0.25) is 0 Å². The average Bonchev–Trinajstić information content (AvgIpc) is 3.10. The SMILES string of the molecule is O=C(O)C1(Cc2cnc3ccccc3c2)CC1. The third-order valence-corrected chi connectivity index (χ3v) is 3.50. The zero-order chi connectivity index (χ0) is 11.9. The molecule has 0 spiro atoms. The molecule has 0 bridgehead atoms. The van der Waals surface area contributed by atoms with E-state index in [1.165, 1.54) is 0 Å². The van der Waals surface area contributed by atoms with E-state index in [0.29, 0.717) is 6.42 Å². The summed E-state index contributed by atoms with van der Waals surface area (Å²) < 4.78 is 0. The van der Waals surface area contributed by atoms with Crippen LogP contribution in [-0.2, 0) is 11.2 Å². The fourth-order valence-corrected chi connectivity index (χ4v) is 2.22. The van der Waals surface area contributed by atoms with Crippen LogP contribution >= 0.6 is 0 Å². The average molecular weight is 227 g/mol. The van der Waals surface area contributed by atoms with E-state index in [-0.39, 0.29) is 0 Å². The van der Waals surface area contributed by atoms with E-state index in [0.717, 1.165) is 29.3 Å². The molecule has 86 valence electrons. The fourth-order valence-electron chi connectivity index (χ4n) is 2.22. The highest BCUT2D eigenvalue weighted by Gasteiger charge is 2.49. The third-order valence-electron chi connectivity index (χ3n) is 3.50. The molecule has 0 radical (unpaired) electrons. The summed E-state index contributed by atoms with van der Waals surface area (Å²) in [5.41, 5.74) is 1.46. The van der Waals surface area contributed by atoms with E-state index >= 15 is 0 Å². The van der Waals surface area contributed by atoms with Gasteiger partial charge >= 0.3 is 5.97 Å². The van der Waals surface area contributed by atoms with Crippen molar-refractivity contribution < 1.29 is 9.90 Å². The summed E-state index contributed by atoms with van der Waals surface area (Å²) in [6.45, 7) is 0. The Balaban J connectivity index is 1.94. The van der Waals surface area contributed by atoms with Crippen LogP contribution in [0.1, 0.15) is 18.4 Å². The second kappa shape index (κ2) is 3.55. The Labute approximate surface area is 99.1 Å². The highest BCUT2D eigenvalue weighted by Crippen LogP contribution is 2.48. The number of nitrogens with zero attached hydrogens (tertiary/aromatic N) is 1. The first kappa shape index (κ1) is 10.3. The minimum absolute atomic E-state index is 0.510. The van der Waals surface area contributed by atoms with Gasteiger partial charge in [0.25, 0.3) is 0 Å². The number of aromatic nitrogens is 1. The van der Waals surface area contributed by atoms with E-state index in [1.54, 1.807) is 6.20 Å². The van der Waals surface area contributed by atoms with Crippen molar-refractivity contribution in [1.82, 2.24) is 4.98 Å². The van der Waals surface area contributed by atoms with Gasteiger partial charge in [0.15, 0.2) is 0 Å². The zero-order valence-electron chi connectivity index (χ0n) is 9.39. The van der Waals surface area contributed by atoms with Crippen molar-refractivity contribution in [2.75, 3.05) is 0 Å². The smallest absolute Gasteiger partial charge is 0.309 e. The lowest BCUT2D eigenvalue weighted by molar-refractivity contribution is -0.143. The van der Waals surface area contributed by atoms with Crippen LogP contribution in [0.15, 0.2) is 36.5 Å². The van der Waals surface area contributed by atoms with E-state index in [1.807, 2.05) is 30.3 Å². The Morgan fingerprint density at radius 2 is 2.12 bits per heavy atom. The summed E-state index contributed by atoms with van der Waals surface area (Å²) in [5.74, 6) is -0.675. The van der Waals surface area contributed by atoms with Crippen LogP contribution in [0.3, 0.4) is 0 Å². The van der Waals surface area contributed by atoms with E-state index in [4.69, 9.17) is 5.11 Å². The van der Waals surface area contributed by atoms with Gasteiger partial charge < -0.3 is 5.11 Å². The van der Waals surface area contributed by atoms with Gasteiger partial charge in [0, 0.05) is 11.6 Å². The van der Waals surface area contributed by atoms with Gasteiger partial charge in [-0.1, -0.05) is 18.2 Å². The van der Waals surface area contributed by atoms with Crippen molar-refractivity contribution >= 4 is 16.9 Å². The molecule has 1 aliphatic carbocycles. The lowest BCUT2D eigenvalue weighted by atomic mass is 9.97. The van der Waals surface area contributed by atoms with Gasteiger partial charge in [-0.3, -0.25) is 9.78 Å². The predicted molar refractivity (Wildman–Crippen MR) is 64.7 cm³/mol. The van der Waals surface area contributed by atoms with Crippen molar-refractivity contribution in [2.45, 2.75) is 19.3 Å². The van der Waals surface area contributed by atoms with Crippen LogP contribution < -0.4 is 0 Å². The molecule has 17 heavy (non-hydrogen) atoms. The molecule has 0 unspecified atom stereocenters. The minimum atomic E-state index is -0.675. The molecule has 1 fully saturated rings. The summed E-state index contributed by atoms with van der Waals surface area (Å²) in [4.78, 5) is 15.5. The van der Waals surface area contributed by atoms with Gasteiger partial charge in [-0.25, -0.2) is 0 Å². The molecule has 3 rings (SSSR count). The van der Waals surface area contributed by atoms with Gasteiger partial charge in [-0.2, -0.15) is 0 Å². The first-order valence-corrected chi connectivity index (χ1v) is 5.77. The van der Waals surface area contributed by atoms with Crippen molar-refractivity contribution in [2.24, 2.45) is 5.41 Å². The minimum Gasteiger partial charge on any atom is -0.481 e. The van der Waals surface area contributed by atoms with Crippen molar-refractivity contribution in [3.05, 3.63) is 42.1 Å². The van der Waals surface area contributed by atoms with Crippen LogP contribution in [0.25, 0.3) is 10.9 Å². The molecule has 1 saturated carbocycles. The second-order valence-electron chi connectivity index (χ2n) is 4.80. The number of benzene rings is 1. The van der Waals surface area contributed by atoms with Gasteiger partial charge in [0.1, 0.15) is 0 Å². The number of para-hydroxylation sites is 1. The number of carboxylic acids is 1. The Hall–Kier alpha value is -1.90. The van der Waals surface area contributed by atoms with Crippen LogP contribution in [-0.4, -0.2) is 16.1 Å². The Bertz CT molecular complexity index is 588. The number of carbonyl (C=O) groups is 1. The number of carboxylic acid groups (broad SMARTS) is 1. The molecule has 0 aliphatic heterocycles. The maximum absolute atomic E-state index is 11.1. The van der Waals surface area contributed by atoms with Gasteiger partial charge in [0.05, 0.1) is 10.9 Å². The molecule has 3 nitrogen and oxygen atoms in total. The monoisotopic (exact) mass is 227 g/mol. The first-order chi connectivity index (χ1) is 8.20. The maximum Gasteiger partial charge on any atom is 0.309 e. The first-order valence-electron chi connectivity index (χ1n) is 5.77. The van der Waals surface area contributed by atoms with E-state index in [9.17, 15) is 4.79 Å². The zero-order valence-corrected chi connectivity index (χ0v) is 9.39. The summed E-state index contributed by atoms with van der Waals surface area (Å²) in [6.07, 6.45) is 3.97. The molecule has 0 saturated heterocycles. The highest BCUT2D eigenvalue weighted by atomic mass is 16.4. The molecule has 3 heteroatoms. The number of hydrogen-bond donors (Lipinski definition) is 1. The normalized spacial score (nSPS) is 16.9. The molecular weight excluding hydrogens is 214 g/mol. The molecule has 1 aromatic carbocycles. The number of pyridine rings is 1. The molecular formula is C14H13NO2. The number of hydrogen-bond acceptors (Lipinski definition) is 2. The van der Waals surface area contributed by atoms with Crippen molar-refractivity contribution in [3.8, 4) is 0 Å². The standard InChI is InChI=1S/C14H13NO2/c16-13(17)14(5-6-14)8-10-7-11-3-1-2-4-12(11)15-9-10/h1-4,7,9H,5-6,8H2,(H,16,17). The lowest BCUT2D eigenvalue weighted by Crippen LogP contribution is -2.17. The van der Waals surface area contributed by atoms with Crippen molar-refractivity contribution in [1.29, 1.82) is 0 Å². The molecule has 1 heterocycles. The van der Waals surface area contributed by atoms with Crippen LogP contribution in [0, 0.1) is 5.41 Å². The molecule has 0 amide bonds. The Morgan fingerprint density at radius 1 is 1.35 bits per heavy atom. The number of fused-ring (bicyclic) bond motifs is 1. The summed E-state index contributed by atoms with van der Waals surface area (Å²) in [5, 5.41) is 10.2. The summed E-state index contributed by atoms with van der Waals surface area (Å²) in [7, 11) is 0. The molecule has 0 atom stereocenters. The number of aliphatic carboxylic acids is 1. The van der Waals surface area contributed by atoms with Crippen LogP contribution in [0.4, 0.5) is 0 Å². The van der Waals surface area contributed by atoms with Crippen molar-refractivity contribution in [3.63, 3.8) is 0 Å². The Morgan fingerprint density at radius 3 is 2.82 bits per heavy atom. The predicted octanol–water partition coefficient (Wildman–Crippen LogP) is 2.64. The van der Waals surface area contributed by atoms with Gasteiger partial charge in [-0.15, -0.1) is 0 Å². The van der Waals surface area contributed by atoms with Gasteiger partial charge in [0.2, 0.25) is 0 Å². The van der Waals surface area contributed by atoms with Gasteiger partial charge in [-0.05, 0) is 37.0 Å². The molecule has 2 aromatic rings. The number of rotatable bonds is 3. The molecule has 1 N–H and O–H groups in total. The summed E-state index contributed by atoms with van der Waals surface area (Å²) >= 11 is 0. The maximum atomic E-state index is 11.1. The molecule has 1 aliphatic rings. The summed E-state index contributed by atoms with van der Waals surface area (Å²) in [6, 6.07) is 9.94. The second-order valence-corrected chi connectivity index (χ2v) is 4.80. The Kier molecular flexibility index (Phi) is 2.15. The van der Waals surface area contributed by atoms with E-state index in [2.05, 4.69) is 4.98 Å². The third kappa shape index (κ3) is 1.78. The lowest BCUT2D eigenvalue weighted by Gasteiger charge is -2.09. The molecule has 1 aromatic heterocycles.